The van der Waals surface area contributed by atoms with E-state index in [9.17, 15) is 0 Å². The topological polar surface area (TPSA) is 26.0 Å². The van der Waals surface area contributed by atoms with Crippen molar-refractivity contribution in [3.8, 4) is 0 Å². The van der Waals surface area contributed by atoms with Gasteiger partial charge in [0.05, 0.1) is 0 Å². The minimum Gasteiger partial charge on any atom is -0.327 e. The van der Waals surface area contributed by atoms with Crippen molar-refractivity contribution in [2.75, 3.05) is 0 Å². The molecular formula is C15H25N. The zero-order valence-corrected chi connectivity index (χ0v) is 11.1. The number of benzene rings is 1. The first-order chi connectivity index (χ1) is 7.51. The van der Waals surface area contributed by atoms with Gasteiger partial charge in [-0.3, -0.25) is 0 Å². The summed E-state index contributed by atoms with van der Waals surface area (Å²) in [7, 11) is 0. The average molecular weight is 219 g/mol. The van der Waals surface area contributed by atoms with Crippen molar-refractivity contribution in [1.29, 1.82) is 0 Å². The first-order valence-electron chi connectivity index (χ1n) is 6.34. The van der Waals surface area contributed by atoms with Gasteiger partial charge in [0.15, 0.2) is 0 Å². The van der Waals surface area contributed by atoms with Crippen LogP contribution in [0.2, 0.25) is 0 Å². The van der Waals surface area contributed by atoms with Crippen molar-refractivity contribution < 1.29 is 0 Å². The lowest BCUT2D eigenvalue weighted by atomic mass is 9.94. The molecule has 16 heavy (non-hydrogen) atoms. The minimum atomic E-state index is 0.302. The Kier molecular flexibility index (Phi) is 5.01. The van der Waals surface area contributed by atoms with Crippen LogP contribution in [-0.2, 0) is 6.42 Å². The Morgan fingerprint density at radius 3 is 2.19 bits per heavy atom. The molecule has 2 unspecified atom stereocenters. The summed E-state index contributed by atoms with van der Waals surface area (Å²) in [5.74, 6) is 0.737. The largest absolute Gasteiger partial charge is 0.327 e. The normalized spacial score (nSPS) is 14.8. The molecular weight excluding hydrogens is 194 g/mol. The Balaban J connectivity index is 2.58. The Morgan fingerprint density at radius 1 is 1.12 bits per heavy atom. The van der Waals surface area contributed by atoms with Gasteiger partial charge in [0.25, 0.3) is 0 Å². The average Bonchev–Trinajstić information content (AvgIpc) is 2.15. The molecule has 0 spiro atoms. The van der Waals surface area contributed by atoms with Crippen LogP contribution in [0.4, 0.5) is 0 Å². The van der Waals surface area contributed by atoms with Crippen LogP contribution in [0.3, 0.4) is 0 Å². The fourth-order valence-corrected chi connectivity index (χ4v) is 2.26. The zero-order chi connectivity index (χ0) is 12.1. The molecule has 0 bridgehead atoms. The summed E-state index contributed by atoms with van der Waals surface area (Å²) in [4.78, 5) is 0. The van der Waals surface area contributed by atoms with Gasteiger partial charge in [-0.05, 0) is 38.2 Å². The maximum Gasteiger partial charge on any atom is 0.00818 e. The second-order valence-corrected chi connectivity index (χ2v) is 5.21. The maximum absolute atomic E-state index is 6.18. The summed E-state index contributed by atoms with van der Waals surface area (Å²) >= 11 is 0. The molecule has 1 rings (SSSR count). The van der Waals surface area contributed by atoms with E-state index in [1.165, 1.54) is 23.1 Å². The molecule has 0 aliphatic carbocycles. The molecule has 1 aromatic carbocycles. The SMILES string of the molecule is CCC(C)CC(N)Cc1cc(C)cc(C)c1. The zero-order valence-electron chi connectivity index (χ0n) is 11.1. The number of nitrogens with two attached hydrogens (primary N) is 1. The molecule has 0 radical (unpaired) electrons. The summed E-state index contributed by atoms with van der Waals surface area (Å²) in [6.45, 7) is 8.81. The lowest BCUT2D eigenvalue weighted by molar-refractivity contribution is 0.450. The van der Waals surface area contributed by atoms with Crippen LogP contribution in [0.5, 0.6) is 0 Å². The highest BCUT2D eigenvalue weighted by Crippen LogP contribution is 2.15. The number of hydrogen-bond donors (Lipinski definition) is 1. The van der Waals surface area contributed by atoms with Crippen molar-refractivity contribution in [1.82, 2.24) is 0 Å². The maximum atomic E-state index is 6.18. The number of hydrogen-bond acceptors (Lipinski definition) is 1. The van der Waals surface area contributed by atoms with E-state index in [0.717, 1.165) is 18.8 Å². The molecule has 2 atom stereocenters. The molecule has 0 amide bonds. The highest BCUT2D eigenvalue weighted by Gasteiger charge is 2.08. The Morgan fingerprint density at radius 2 is 1.69 bits per heavy atom. The summed E-state index contributed by atoms with van der Waals surface area (Å²) in [6.07, 6.45) is 3.36. The lowest BCUT2D eigenvalue weighted by Gasteiger charge is -2.16. The summed E-state index contributed by atoms with van der Waals surface area (Å²) in [5, 5.41) is 0. The number of rotatable bonds is 5. The molecule has 90 valence electrons. The predicted octanol–water partition coefficient (Wildman–Crippen LogP) is 3.61. The molecule has 0 aromatic heterocycles. The van der Waals surface area contributed by atoms with E-state index in [1.54, 1.807) is 0 Å². The van der Waals surface area contributed by atoms with Gasteiger partial charge in [0.1, 0.15) is 0 Å². The second-order valence-electron chi connectivity index (χ2n) is 5.21. The van der Waals surface area contributed by atoms with E-state index < -0.39 is 0 Å². The molecule has 0 aliphatic rings. The van der Waals surface area contributed by atoms with Gasteiger partial charge >= 0.3 is 0 Å². The van der Waals surface area contributed by atoms with E-state index in [1.807, 2.05) is 0 Å². The van der Waals surface area contributed by atoms with E-state index in [-0.39, 0.29) is 0 Å². The van der Waals surface area contributed by atoms with Crippen LogP contribution in [0.25, 0.3) is 0 Å². The third-order valence-electron chi connectivity index (χ3n) is 3.18. The summed E-state index contributed by atoms with van der Waals surface area (Å²) < 4.78 is 0. The third kappa shape index (κ3) is 4.36. The van der Waals surface area contributed by atoms with Crippen molar-refractivity contribution >= 4 is 0 Å². The van der Waals surface area contributed by atoms with Crippen molar-refractivity contribution in [3.05, 3.63) is 34.9 Å². The lowest BCUT2D eigenvalue weighted by Crippen LogP contribution is -2.25. The van der Waals surface area contributed by atoms with Gasteiger partial charge in [-0.15, -0.1) is 0 Å². The van der Waals surface area contributed by atoms with E-state index in [2.05, 4.69) is 45.9 Å². The van der Waals surface area contributed by atoms with Crippen LogP contribution in [0.15, 0.2) is 18.2 Å². The smallest absolute Gasteiger partial charge is 0.00818 e. The molecule has 0 saturated carbocycles. The highest BCUT2D eigenvalue weighted by molar-refractivity contribution is 5.29. The summed E-state index contributed by atoms with van der Waals surface area (Å²) in [5.41, 5.74) is 10.2. The standard InChI is InChI=1S/C15H25N/c1-5-11(2)9-15(16)10-14-7-12(3)6-13(4)8-14/h6-8,11,15H,5,9-10,16H2,1-4H3. The molecule has 1 nitrogen and oxygen atoms in total. The number of aryl methyl sites for hydroxylation is 2. The second kappa shape index (κ2) is 6.05. The van der Waals surface area contributed by atoms with Crippen LogP contribution in [0, 0.1) is 19.8 Å². The van der Waals surface area contributed by atoms with Gasteiger partial charge in [0.2, 0.25) is 0 Å². The van der Waals surface area contributed by atoms with E-state index in [4.69, 9.17) is 5.73 Å². The fourth-order valence-electron chi connectivity index (χ4n) is 2.26. The van der Waals surface area contributed by atoms with Crippen molar-refractivity contribution in [2.24, 2.45) is 11.7 Å². The first kappa shape index (κ1) is 13.2. The summed E-state index contributed by atoms with van der Waals surface area (Å²) in [6, 6.07) is 7.02. The Bertz CT molecular complexity index is 310. The van der Waals surface area contributed by atoms with Gasteiger partial charge < -0.3 is 5.73 Å². The molecule has 1 heteroatoms. The highest BCUT2D eigenvalue weighted by atomic mass is 14.6. The molecule has 0 fully saturated rings. The van der Waals surface area contributed by atoms with Gasteiger partial charge in [-0.1, -0.05) is 49.6 Å². The third-order valence-corrected chi connectivity index (χ3v) is 3.18. The van der Waals surface area contributed by atoms with E-state index >= 15 is 0 Å². The first-order valence-corrected chi connectivity index (χ1v) is 6.34. The molecule has 1 aromatic rings. The van der Waals surface area contributed by atoms with E-state index in [0.29, 0.717) is 6.04 Å². The quantitative estimate of drug-likeness (QED) is 0.804. The predicted molar refractivity (Wildman–Crippen MR) is 71.7 cm³/mol. The van der Waals surface area contributed by atoms with Gasteiger partial charge in [-0.25, -0.2) is 0 Å². The Labute approximate surface area is 100 Å². The fraction of sp³-hybridized carbons (Fsp3) is 0.600. The van der Waals surface area contributed by atoms with Crippen molar-refractivity contribution in [3.63, 3.8) is 0 Å². The van der Waals surface area contributed by atoms with Gasteiger partial charge in [0, 0.05) is 6.04 Å². The molecule has 0 saturated heterocycles. The minimum absolute atomic E-state index is 0.302. The molecule has 0 heterocycles. The Hall–Kier alpha value is -0.820. The molecule has 0 aliphatic heterocycles. The molecule has 2 N–H and O–H groups in total. The van der Waals surface area contributed by atoms with Crippen LogP contribution in [0.1, 0.15) is 43.4 Å². The van der Waals surface area contributed by atoms with Crippen LogP contribution in [-0.4, -0.2) is 6.04 Å². The monoisotopic (exact) mass is 219 g/mol. The van der Waals surface area contributed by atoms with Crippen LogP contribution >= 0.6 is 0 Å². The van der Waals surface area contributed by atoms with Crippen LogP contribution < -0.4 is 5.73 Å². The van der Waals surface area contributed by atoms with Crippen molar-refractivity contribution in [2.45, 2.75) is 53.0 Å². The van der Waals surface area contributed by atoms with Gasteiger partial charge in [-0.2, -0.15) is 0 Å².